The van der Waals surface area contributed by atoms with E-state index < -0.39 is 6.10 Å². The molecule has 0 aromatic carbocycles. The Balaban J connectivity index is 2.37. The summed E-state index contributed by atoms with van der Waals surface area (Å²) in [7, 11) is 1.83. The Hall–Kier alpha value is -0.780. The molecule has 0 aliphatic rings. The molecule has 0 aliphatic carbocycles. The zero-order valence-electron chi connectivity index (χ0n) is 8.68. The molecule has 4 nitrogen and oxygen atoms in total. The highest BCUT2D eigenvalue weighted by atomic mass is 32.2. The van der Waals surface area contributed by atoms with Crippen LogP contribution in [-0.4, -0.2) is 40.7 Å². The van der Waals surface area contributed by atoms with Crippen LogP contribution < -0.4 is 5.32 Å². The van der Waals surface area contributed by atoms with Gasteiger partial charge in [-0.05, 0) is 12.1 Å². The average molecular weight is 228 g/mol. The molecule has 1 rings (SSSR count). The predicted molar refractivity (Wildman–Crippen MR) is 63.0 cm³/mol. The van der Waals surface area contributed by atoms with Crippen LogP contribution in [0.4, 0.5) is 5.82 Å². The van der Waals surface area contributed by atoms with E-state index >= 15 is 0 Å². The Morgan fingerprint density at radius 1 is 1.53 bits per heavy atom. The van der Waals surface area contributed by atoms with Gasteiger partial charge in [0.15, 0.2) is 0 Å². The van der Waals surface area contributed by atoms with Gasteiger partial charge in [-0.25, -0.2) is 4.98 Å². The predicted octanol–water partition coefficient (Wildman–Crippen LogP) is 0.710. The summed E-state index contributed by atoms with van der Waals surface area (Å²) < 4.78 is 0. The van der Waals surface area contributed by atoms with Gasteiger partial charge < -0.3 is 15.5 Å². The van der Waals surface area contributed by atoms with Crippen LogP contribution in [-0.2, 0) is 5.75 Å². The Kier molecular flexibility index (Phi) is 5.45. The fourth-order valence-corrected chi connectivity index (χ4v) is 1.92. The second-order valence-corrected chi connectivity index (χ2v) is 4.15. The molecule has 0 bridgehead atoms. The third-order valence-electron chi connectivity index (χ3n) is 1.83. The topological polar surface area (TPSA) is 65.4 Å². The maximum atomic E-state index is 9.13. The molecule has 84 valence electrons. The van der Waals surface area contributed by atoms with Crippen LogP contribution in [0.5, 0.6) is 0 Å². The van der Waals surface area contributed by atoms with Crippen LogP contribution in [0, 0.1) is 0 Å². The average Bonchev–Trinajstić information content (AvgIpc) is 2.29. The highest BCUT2D eigenvalue weighted by Gasteiger charge is 2.02. The number of hydrogen-bond acceptors (Lipinski definition) is 5. The number of rotatable bonds is 6. The van der Waals surface area contributed by atoms with Gasteiger partial charge in [0.25, 0.3) is 0 Å². The zero-order valence-corrected chi connectivity index (χ0v) is 9.50. The first-order chi connectivity index (χ1) is 7.26. The SMILES string of the molecule is CNc1cccc(CSCC(O)CO)n1. The molecule has 1 unspecified atom stereocenters. The van der Waals surface area contributed by atoms with Gasteiger partial charge in [-0.2, -0.15) is 11.8 Å². The van der Waals surface area contributed by atoms with E-state index in [2.05, 4.69) is 10.3 Å². The van der Waals surface area contributed by atoms with Gasteiger partial charge in [0.2, 0.25) is 0 Å². The van der Waals surface area contributed by atoms with E-state index in [0.29, 0.717) is 5.75 Å². The molecule has 0 fully saturated rings. The normalized spacial score (nSPS) is 12.5. The monoisotopic (exact) mass is 228 g/mol. The van der Waals surface area contributed by atoms with Crippen LogP contribution >= 0.6 is 11.8 Å². The minimum Gasteiger partial charge on any atom is -0.394 e. The minimum absolute atomic E-state index is 0.184. The van der Waals surface area contributed by atoms with Crippen molar-refractivity contribution >= 4 is 17.6 Å². The standard InChI is InChI=1S/C10H16N2O2S/c1-11-10-4-2-3-8(12-10)6-15-7-9(14)5-13/h2-4,9,13-14H,5-7H2,1H3,(H,11,12). The summed E-state index contributed by atoms with van der Waals surface area (Å²) in [6.45, 7) is -0.184. The van der Waals surface area contributed by atoms with Crippen molar-refractivity contribution in [2.75, 3.05) is 24.7 Å². The van der Waals surface area contributed by atoms with Crippen molar-refractivity contribution in [2.45, 2.75) is 11.9 Å². The van der Waals surface area contributed by atoms with E-state index in [-0.39, 0.29) is 6.61 Å². The van der Waals surface area contributed by atoms with Gasteiger partial charge in [0, 0.05) is 18.6 Å². The van der Waals surface area contributed by atoms with Gasteiger partial charge in [-0.1, -0.05) is 6.07 Å². The Labute approximate surface area is 93.7 Å². The van der Waals surface area contributed by atoms with Gasteiger partial charge in [-0.15, -0.1) is 0 Å². The van der Waals surface area contributed by atoms with E-state index in [0.717, 1.165) is 17.3 Å². The second-order valence-electron chi connectivity index (χ2n) is 3.12. The summed E-state index contributed by atoms with van der Waals surface area (Å²) >= 11 is 1.56. The maximum absolute atomic E-state index is 9.13. The second kappa shape index (κ2) is 6.66. The third kappa shape index (κ3) is 4.51. The van der Waals surface area contributed by atoms with E-state index in [1.165, 1.54) is 0 Å². The summed E-state index contributed by atoms with van der Waals surface area (Å²) in [5.74, 6) is 2.12. The largest absolute Gasteiger partial charge is 0.394 e. The van der Waals surface area contributed by atoms with E-state index in [4.69, 9.17) is 10.2 Å². The van der Waals surface area contributed by atoms with Gasteiger partial charge in [-0.3, -0.25) is 0 Å². The molecule has 1 aromatic rings. The summed E-state index contributed by atoms with van der Waals surface area (Å²) in [5.41, 5.74) is 0.969. The molecule has 3 N–H and O–H groups in total. The summed E-state index contributed by atoms with van der Waals surface area (Å²) in [6.07, 6.45) is -0.637. The minimum atomic E-state index is -0.637. The lowest BCUT2D eigenvalue weighted by atomic mass is 10.4. The Bertz CT molecular complexity index is 297. The lowest BCUT2D eigenvalue weighted by Gasteiger charge is -2.06. The van der Waals surface area contributed by atoms with E-state index in [1.807, 2.05) is 25.2 Å². The van der Waals surface area contributed by atoms with Crippen molar-refractivity contribution in [3.05, 3.63) is 23.9 Å². The summed E-state index contributed by atoms with van der Waals surface area (Å²) in [4.78, 5) is 4.34. The Morgan fingerprint density at radius 2 is 2.33 bits per heavy atom. The van der Waals surface area contributed by atoms with Crippen molar-refractivity contribution in [1.29, 1.82) is 0 Å². The van der Waals surface area contributed by atoms with Crippen LogP contribution in [0.25, 0.3) is 0 Å². The smallest absolute Gasteiger partial charge is 0.125 e. The number of nitrogens with one attached hydrogen (secondary N) is 1. The van der Waals surface area contributed by atoms with Crippen molar-refractivity contribution in [3.63, 3.8) is 0 Å². The van der Waals surface area contributed by atoms with Crippen molar-refractivity contribution in [2.24, 2.45) is 0 Å². The number of thioether (sulfide) groups is 1. The number of pyridine rings is 1. The molecule has 0 saturated carbocycles. The van der Waals surface area contributed by atoms with Gasteiger partial charge in [0.05, 0.1) is 18.4 Å². The lowest BCUT2D eigenvalue weighted by Crippen LogP contribution is -2.14. The lowest BCUT2D eigenvalue weighted by molar-refractivity contribution is 0.113. The number of nitrogens with zero attached hydrogens (tertiary/aromatic N) is 1. The number of hydrogen-bond donors (Lipinski definition) is 3. The molecule has 1 atom stereocenters. The first kappa shape index (κ1) is 12.3. The molecule has 0 aliphatic heterocycles. The van der Waals surface area contributed by atoms with Crippen molar-refractivity contribution < 1.29 is 10.2 Å². The van der Waals surface area contributed by atoms with E-state index in [1.54, 1.807) is 11.8 Å². The molecule has 5 heteroatoms. The van der Waals surface area contributed by atoms with Crippen LogP contribution in [0.1, 0.15) is 5.69 Å². The quantitative estimate of drug-likeness (QED) is 0.669. The molecular weight excluding hydrogens is 212 g/mol. The fraction of sp³-hybridized carbons (Fsp3) is 0.500. The van der Waals surface area contributed by atoms with Crippen LogP contribution in [0.3, 0.4) is 0 Å². The van der Waals surface area contributed by atoms with Crippen LogP contribution in [0.15, 0.2) is 18.2 Å². The van der Waals surface area contributed by atoms with Crippen molar-refractivity contribution in [3.8, 4) is 0 Å². The zero-order chi connectivity index (χ0) is 11.1. The third-order valence-corrected chi connectivity index (χ3v) is 2.95. The fourth-order valence-electron chi connectivity index (χ4n) is 1.05. The first-order valence-electron chi connectivity index (χ1n) is 4.76. The number of aromatic nitrogens is 1. The van der Waals surface area contributed by atoms with E-state index in [9.17, 15) is 0 Å². The molecule has 1 heterocycles. The number of anilines is 1. The molecule has 0 amide bonds. The number of aliphatic hydroxyl groups is 2. The van der Waals surface area contributed by atoms with Gasteiger partial charge in [0.1, 0.15) is 5.82 Å². The molecule has 0 spiro atoms. The molecular formula is C10H16N2O2S. The molecule has 0 saturated heterocycles. The van der Waals surface area contributed by atoms with Gasteiger partial charge >= 0.3 is 0 Å². The van der Waals surface area contributed by atoms with Crippen LogP contribution in [0.2, 0.25) is 0 Å². The molecule has 0 radical (unpaired) electrons. The molecule has 15 heavy (non-hydrogen) atoms. The number of aliphatic hydroxyl groups excluding tert-OH is 2. The summed E-state index contributed by atoms with van der Waals surface area (Å²) in [5, 5.41) is 20.7. The van der Waals surface area contributed by atoms with Crippen molar-refractivity contribution in [1.82, 2.24) is 4.98 Å². The highest BCUT2D eigenvalue weighted by molar-refractivity contribution is 7.98. The Morgan fingerprint density at radius 3 is 3.00 bits per heavy atom. The molecule has 1 aromatic heterocycles. The first-order valence-corrected chi connectivity index (χ1v) is 5.92. The maximum Gasteiger partial charge on any atom is 0.125 e. The summed E-state index contributed by atoms with van der Waals surface area (Å²) in [6, 6.07) is 5.78. The highest BCUT2D eigenvalue weighted by Crippen LogP contribution is 2.13.